The fourth-order valence-corrected chi connectivity index (χ4v) is 5.93. The Morgan fingerprint density at radius 3 is 2.74 bits per heavy atom. The molecule has 0 spiro atoms. The van der Waals surface area contributed by atoms with Crippen LogP contribution < -0.4 is 9.64 Å². The van der Waals surface area contributed by atoms with E-state index in [4.69, 9.17) is 14.0 Å². The number of hydrogen-bond donors (Lipinski definition) is 0. The lowest BCUT2D eigenvalue weighted by molar-refractivity contribution is -0.140. The van der Waals surface area contributed by atoms with E-state index in [1.165, 1.54) is 47.7 Å². The van der Waals surface area contributed by atoms with Crippen molar-refractivity contribution in [1.82, 2.24) is 5.16 Å². The number of carbonyl (C=O) groups is 1. The maximum atomic E-state index is 12.0. The molecule has 6 heteroatoms. The Morgan fingerprint density at radius 1 is 1.05 bits per heavy atom. The average Bonchev–Trinajstić information content (AvgIpc) is 3.64. The maximum absolute atomic E-state index is 12.0. The van der Waals surface area contributed by atoms with E-state index in [1.807, 2.05) is 24.3 Å². The van der Waals surface area contributed by atoms with E-state index in [2.05, 4.69) is 52.5 Å². The molecule has 194 valence electrons. The molecule has 6 rings (SSSR count). The van der Waals surface area contributed by atoms with Gasteiger partial charge in [-0.25, -0.2) is 0 Å². The minimum absolute atomic E-state index is 0.0332. The maximum Gasteiger partial charge on any atom is 0.306 e. The highest BCUT2D eigenvalue weighted by atomic mass is 16.5. The van der Waals surface area contributed by atoms with Crippen LogP contribution in [-0.2, 0) is 28.9 Å². The van der Waals surface area contributed by atoms with Gasteiger partial charge in [-0.2, -0.15) is 0 Å². The van der Waals surface area contributed by atoms with Crippen LogP contribution in [-0.4, -0.2) is 24.8 Å². The molecule has 0 saturated heterocycles. The highest BCUT2D eigenvalue weighted by molar-refractivity contribution is 5.71. The number of para-hydroxylation sites is 1. The molecule has 2 atom stereocenters. The second-order valence-corrected chi connectivity index (χ2v) is 10.1. The van der Waals surface area contributed by atoms with Gasteiger partial charge in [0.15, 0.2) is 0 Å². The van der Waals surface area contributed by atoms with E-state index in [1.54, 1.807) is 6.07 Å². The lowest BCUT2D eigenvalue weighted by Gasteiger charge is -2.32. The third-order valence-electron chi connectivity index (χ3n) is 7.85. The highest BCUT2D eigenvalue weighted by Gasteiger charge is 2.28. The first-order chi connectivity index (χ1) is 18.7. The zero-order valence-electron chi connectivity index (χ0n) is 21.6. The standard InChI is InChI=1S/C32H32N2O4/c1-36-32(35)20-28(29-17-19-37-33-29)22-11-13-25(14-12-22)38-31-16-15-26-24(7-4-9-27(26)31)21-34-18-5-8-23-6-2-3-10-30(23)34/h2-4,6-7,9-14,17,19,28,31H,5,8,15-16,18,20-21H2,1H3/t28-,31+/m0/s1. The van der Waals surface area contributed by atoms with Crippen molar-refractivity contribution in [2.24, 2.45) is 0 Å². The average molecular weight is 509 g/mol. The fraction of sp³-hybridized carbons (Fsp3) is 0.312. The van der Waals surface area contributed by atoms with Crippen molar-refractivity contribution in [3.05, 3.63) is 113 Å². The van der Waals surface area contributed by atoms with E-state index in [0.29, 0.717) is 5.69 Å². The molecule has 4 aromatic rings. The number of nitrogens with zero attached hydrogens (tertiary/aromatic N) is 2. The quantitative estimate of drug-likeness (QED) is 0.257. The highest BCUT2D eigenvalue weighted by Crippen LogP contribution is 2.39. The van der Waals surface area contributed by atoms with E-state index >= 15 is 0 Å². The topological polar surface area (TPSA) is 64.8 Å². The number of aryl methyl sites for hydroxylation is 1. The van der Waals surface area contributed by atoms with Gasteiger partial charge < -0.3 is 18.9 Å². The van der Waals surface area contributed by atoms with Crippen molar-refractivity contribution in [3.63, 3.8) is 0 Å². The van der Waals surface area contributed by atoms with Crippen molar-refractivity contribution >= 4 is 11.7 Å². The van der Waals surface area contributed by atoms with Crippen LogP contribution in [0.4, 0.5) is 5.69 Å². The van der Waals surface area contributed by atoms with E-state index < -0.39 is 0 Å². The van der Waals surface area contributed by atoms with Gasteiger partial charge in [0.1, 0.15) is 18.1 Å². The predicted molar refractivity (Wildman–Crippen MR) is 145 cm³/mol. The van der Waals surface area contributed by atoms with Crippen LogP contribution >= 0.6 is 0 Å². The van der Waals surface area contributed by atoms with Gasteiger partial charge in [0, 0.05) is 30.8 Å². The Hall–Kier alpha value is -4.06. The number of ether oxygens (including phenoxy) is 2. The summed E-state index contributed by atoms with van der Waals surface area (Å²) in [6.45, 7) is 2.03. The number of anilines is 1. The lowest BCUT2D eigenvalue weighted by Crippen LogP contribution is -2.29. The predicted octanol–water partition coefficient (Wildman–Crippen LogP) is 6.39. The van der Waals surface area contributed by atoms with Crippen molar-refractivity contribution in [3.8, 4) is 5.75 Å². The van der Waals surface area contributed by atoms with Crippen LogP contribution in [0.3, 0.4) is 0 Å². The van der Waals surface area contributed by atoms with Gasteiger partial charge in [-0.3, -0.25) is 4.79 Å². The summed E-state index contributed by atoms with van der Waals surface area (Å²) in [6.07, 6.45) is 6.11. The third kappa shape index (κ3) is 4.91. The first kappa shape index (κ1) is 24.3. The van der Waals surface area contributed by atoms with Gasteiger partial charge in [0.05, 0.1) is 19.2 Å². The molecule has 0 N–H and O–H groups in total. The van der Waals surface area contributed by atoms with Gasteiger partial charge in [0.2, 0.25) is 0 Å². The van der Waals surface area contributed by atoms with Gasteiger partial charge in [-0.05, 0) is 71.7 Å². The minimum Gasteiger partial charge on any atom is -0.486 e. The second kappa shape index (κ2) is 10.7. The second-order valence-electron chi connectivity index (χ2n) is 10.1. The molecule has 3 aromatic carbocycles. The number of rotatable bonds is 8. The van der Waals surface area contributed by atoms with E-state index in [-0.39, 0.29) is 24.4 Å². The van der Waals surface area contributed by atoms with Crippen molar-refractivity contribution in [2.45, 2.75) is 50.7 Å². The molecule has 38 heavy (non-hydrogen) atoms. The fourth-order valence-electron chi connectivity index (χ4n) is 5.93. The molecule has 1 aliphatic carbocycles. The first-order valence-corrected chi connectivity index (χ1v) is 13.4. The summed E-state index contributed by atoms with van der Waals surface area (Å²) < 4.78 is 16.4. The summed E-state index contributed by atoms with van der Waals surface area (Å²) in [6, 6.07) is 25.2. The molecule has 2 aliphatic rings. The van der Waals surface area contributed by atoms with Crippen LogP contribution in [0, 0.1) is 0 Å². The molecular weight excluding hydrogens is 476 g/mol. The SMILES string of the molecule is COC(=O)C[C@@H](c1ccc(O[C@@H]2CCc3c(CN4CCCc5ccccc54)cccc32)cc1)c1ccon1. The van der Waals surface area contributed by atoms with Crippen LogP contribution in [0.15, 0.2) is 83.6 Å². The Bertz CT molecular complexity index is 1400. The summed E-state index contributed by atoms with van der Waals surface area (Å²) in [5.74, 6) is 0.300. The molecule has 0 amide bonds. The number of benzene rings is 3. The lowest BCUT2D eigenvalue weighted by atomic mass is 9.92. The smallest absolute Gasteiger partial charge is 0.306 e. The third-order valence-corrected chi connectivity index (χ3v) is 7.85. The normalized spacial score (nSPS) is 17.0. The number of carbonyl (C=O) groups excluding carboxylic acids is 1. The Labute approximate surface area is 223 Å². The molecule has 0 bridgehead atoms. The molecule has 2 heterocycles. The van der Waals surface area contributed by atoms with Gasteiger partial charge in [-0.1, -0.05) is 53.7 Å². The Morgan fingerprint density at radius 2 is 1.92 bits per heavy atom. The van der Waals surface area contributed by atoms with Crippen molar-refractivity contribution in [2.75, 3.05) is 18.6 Å². The zero-order chi connectivity index (χ0) is 25.9. The molecule has 0 fully saturated rings. The van der Waals surface area contributed by atoms with Gasteiger partial charge >= 0.3 is 5.97 Å². The molecule has 1 aliphatic heterocycles. The summed E-state index contributed by atoms with van der Waals surface area (Å²) in [5, 5.41) is 4.06. The first-order valence-electron chi connectivity index (χ1n) is 13.4. The van der Waals surface area contributed by atoms with E-state index in [0.717, 1.165) is 43.7 Å². The van der Waals surface area contributed by atoms with Crippen molar-refractivity contribution < 1.29 is 18.8 Å². The summed E-state index contributed by atoms with van der Waals surface area (Å²) in [7, 11) is 1.40. The number of esters is 1. The molecule has 0 saturated carbocycles. The summed E-state index contributed by atoms with van der Waals surface area (Å²) in [4.78, 5) is 14.5. The molecule has 0 unspecified atom stereocenters. The van der Waals surface area contributed by atoms with Crippen LogP contribution in [0.2, 0.25) is 0 Å². The molecular formula is C32H32N2O4. The van der Waals surface area contributed by atoms with Crippen LogP contribution in [0.1, 0.15) is 64.8 Å². The number of aromatic nitrogens is 1. The molecule has 1 aromatic heterocycles. The van der Waals surface area contributed by atoms with Gasteiger partial charge in [0.25, 0.3) is 0 Å². The number of methoxy groups -OCH3 is 1. The van der Waals surface area contributed by atoms with Gasteiger partial charge in [-0.15, -0.1) is 0 Å². The Balaban J connectivity index is 1.18. The largest absolute Gasteiger partial charge is 0.486 e. The van der Waals surface area contributed by atoms with Crippen LogP contribution in [0.25, 0.3) is 0 Å². The number of hydrogen-bond acceptors (Lipinski definition) is 6. The summed E-state index contributed by atoms with van der Waals surface area (Å²) >= 11 is 0. The van der Waals surface area contributed by atoms with Crippen molar-refractivity contribution in [1.29, 1.82) is 0 Å². The van der Waals surface area contributed by atoms with Crippen LogP contribution in [0.5, 0.6) is 5.75 Å². The number of fused-ring (bicyclic) bond motifs is 2. The summed E-state index contributed by atoms with van der Waals surface area (Å²) in [5.41, 5.74) is 8.63. The Kier molecular flexibility index (Phi) is 6.86. The zero-order valence-corrected chi connectivity index (χ0v) is 21.6. The minimum atomic E-state index is -0.287. The molecule has 6 nitrogen and oxygen atoms in total. The van der Waals surface area contributed by atoms with E-state index in [9.17, 15) is 4.79 Å². The molecule has 0 radical (unpaired) electrons. The monoisotopic (exact) mass is 508 g/mol.